The Kier molecular flexibility index (Phi) is 3.52. The average molecular weight is 140 g/mol. The lowest BCUT2D eigenvalue weighted by molar-refractivity contribution is 0.164. The molecule has 0 aromatic rings. The molecule has 0 fully saturated rings. The Morgan fingerprint density at radius 2 is 2.00 bits per heavy atom. The molecule has 0 radical (unpaired) electrons. The Morgan fingerprint density at radius 3 is 2.90 bits per heavy atom. The third kappa shape index (κ3) is 3.02. The van der Waals surface area contributed by atoms with Gasteiger partial charge < -0.3 is 5.11 Å². The third-order valence-electron chi connectivity index (χ3n) is 1.98. The molecular weight excluding hydrogens is 124 g/mol. The van der Waals surface area contributed by atoms with Crippen molar-refractivity contribution in [2.45, 2.75) is 44.6 Å². The van der Waals surface area contributed by atoms with Gasteiger partial charge in [-0.05, 0) is 25.7 Å². The second-order valence-corrected chi connectivity index (χ2v) is 3.00. The van der Waals surface area contributed by atoms with Crippen LogP contribution in [0.25, 0.3) is 0 Å². The minimum atomic E-state index is -0.0747. The van der Waals surface area contributed by atoms with Gasteiger partial charge in [0.05, 0.1) is 6.10 Å². The molecule has 0 saturated carbocycles. The van der Waals surface area contributed by atoms with E-state index in [2.05, 4.69) is 12.2 Å². The minimum absolute atomic E-state index is 0.0747. The van der Waals surface area contributed by atoms with Crippen molar-refractivity contribution in [1.29, 1.82) is 0 Å². The second-order valence-electron chi connectivity index (χ2n) is 3.00. The normalized spacial score (nSPS) is 31.9. The van der Waals surface area contributed by atoms with Gasteiger partial charge in [0.2, 0.25) is 0 Å². The summed E-state index contributed by atoms with van der Waals surface area (Å²) in [6.45, 7) is 0. The standard InChI is InChI=1S/C9H16O/c10-9-7-5-3-1-2-4-6-8-9/h3,5,9-10H,1-2,4,6-8H2/b5-3+/t9-/m0/s1. The lowest BCUT2D eigenvalue weighted by Crippen LogP contribution is -2.03. The Hall–Kier alpha value is -0.300. The molecule has 58 valence electrons. The van der Waals surface area contributed by atoms with Crippen LogP contribution in [0, 0.1) is 0 Å². The molecule has 0 bridgehead atoms. The van der Waals surface area contributed by atoms with Crippen LogP contribution in [0.1, 0.15) is 38.5 Å². The number of aliphatic hydroxyl groups is 1. The molecule has 1 aliphatic rings. The van der Waals surface area contributed by atoms with Crippen LogP contribution in [-0.2, 0) is 0 Å². The summed E-state index contributed by atoms with van der Waals surface area (Å²) in [5.41, 5.74) is 0. The van der Waals surface area contributed by atoms with Gasteiger partial charge in [0.15, 0.2) is 0 Å². The predicted octanol–water partition coefficient (Wildman–Crippen LogP) is 2.26. The first-order valence-electron chi connectivity index (χ1n) is 4.22. The number of hydrogen-bond donors (Lipinski definition) is 1. The average Bonchev–Trinajstić information content (AvgIpc) is 2.02. The highest BCUT2D eigenvalue weighted by molar-refractivity contribution is 4.85. The van der Waals surface area contributed by atoms with Crippen molar-refractivity contribution >= 4 is 0 Å². The highest BCUT2D eigenvalue weighted by Crippen LogP contribution is 2.11. The molecule has 1 atom stereocenters. The van der Waals surface area contributed by atoms with Crippen LogP contribution in [0.5, 0.6) is 0 Å². The second kappa shape index (κ2) is 4.51. The molecule has 0 spiro atoms. The fourth-order valence-electron chi connectivity index (χ4n) is 1.31. The lowest BCUT2D eigenvalue weighted by atomic mass is 10.1. The molecule has 0 amide bonds. The highest BCUT2D eigenvalue weighted by atomic mass is 16.3. The van der Waals surface area contributed by atoms with Crippen LogP contribution in [0.4, 0.5) is 0 Å². The lowest BCUT2D eigenvalue weighted by Gasteiger charge is -2.04. The smallest absolute Gasteiger partial charge is 0.0574 e. The maximum absolute atomic E-state index is 9.29. The van der Waals surface area contributed by atoms with E-state index < -0.39 is 0 Å². The molecule has 1 aliphatic carbocycles. The van der Waals surface area contributed by atoms with Crippen molar-refractivity contribution in [3.8, 4) is 0 Å². The van der Waals surface area contributed by atoms with Gasteiger partial charge in [-0.25, -0.2) is 0 Å². The summed E-state index contributed by atoms with van der Waals surface area (Å²) in [5, 5.41) is 9.29. The molecule has 0 heterocycles. The SMILES string of the molecule is O[C@H]1C/C=C/CCCCC1. The largest absolute Gasteiger partial charge is 0.393 e. The topological polar surface area (TPSA) is 20.2 Å². The van der Waals surface area contributed by atoms with E-state index in [4.69, 9.17) is 0 Å². The number of allylic oxidation sites excluding steroid dienone is 1. The Balaban J connectivity index is 2.26. The van der Waals surface area contributed by atoms with Crippen molar-refractivity contribution in [2.24, 2.45) is 0 Å². The summed E-state index contributed by atoms with van der Waals surface area (Å²) in [6.07, 6.45) is 11.0. The Labute approximate surface area is 62.8 Å². The maximum Gasteiger partial charge on any atom is 0.0574 e. The first-order chi connectivity index (χ1) is 4.89. The summed E-state index contributed by atoms with van der Waals surface area (Å²) in [4.78, 5) is 0. The van der Waals surface area contributed by atoms with Crippen LogP contribution < -0.4 is 0 Å². The summed E-state index contributed by atoms with van der Waals surface area (Å²) >= 11 is 0. The molecular formula is C9H16O. The Bertz CT molecular complexity index is 107. The zero-order chi connectivity index (χ0) is 7.23. The van der Waals surface area contributed by atoms with E-state index in [9.17, 15) is 5.11 Å². The molecule has 1 heteroatoms. The predicted molar refractivity (Wildman–Crippen MR) is 42.8 cm³/mol. The van der Waals surface area contributed by atoms with Crippen molar-refractivity contribution < 1.29 is 5.11 Å². The summed E-state index contributed by atoms with van der Waals surface area (Å²) in [7, 11) is 0. The van der Waals surface area contributed by atoms with Gasteiger partial charge in [-0.1, -0.05) is 25.0 Å². The van der Waals surface area contributed by atoms with Crippen LogP contribution in [0.15, 0.2) is 12.2 Å². The van der Waals surface area contributed by atoms with Gasteiger partial charge in [-0.15, -0.1) is 0 Å². The molecule has 0 aromatic carbocycles. The highest BCUT2D eigenvalue weighted by Gasteiger charge is 2.01. The Morgan fingerprint density at radius 1 is 1.10 bits per heavy atom. The number of rotatable bonds is 0. The van der Waals surface area contributed by atoms with E-state index in [1.165, 1.54) is 25.7 Å². The van der Waals surface area contributed by atoms with E-state index in [1.54, 1.807) is 0 Å². The third-order valence-corrected chi connectivity index (χ3v) is 1.98. The van der Waals surface area contributed by atoms with Gasteiger partial charge in [0.25, 0.3) is 0 Å². The van der Waals surface area contributed by atoms with Crippen LogP contribution in [0.2, 0.25) is 0 Å². The van der Waals surface area contributed by atoms with E-state index in [0.717, 1.165) is 12.8 Å². The molecule has 0 saturated heterocycles. The van der Waals surface area contributed by atoms with Crippen molar-refractivity contribution in [3.63, 3.8) is 0 Å². The molecule has 1 rings (SSSR count). The van der Waals surface area contributed by atoms with E-state index in [1.807, 2.05) is 0 Å². The van der Waals surface area contributed by atoms with Crippen LogP contribution in [-0.4, -0.2) is 11.2 Å². The fourth-order valence-corrected chi connectivity index (χ4v) is 1.31. The van der Waals surface area contributed by atoms with Crippen molar-refractivity contribution in [1.82, 2.24) is 0 Å². The van der Waals surface area contributed by atoms with Crippen LogP contribution >= 0.6 is 0 Å². The van der Waals surface area contributed by atoms with E-state index in [0.29, 0.717) is 0 Å². The van der Waals surface area contributed by atoms with Gasteiger partial charge in [0, 0.05) is 0 Å². The maximum atomic E-state index is 9.29. The minimum Gasteiger partial charge on any atom is -0.393 e. The van der Waals surface area contributed by atoms with Crippen molar-refractivity contribution in [3.05, 3.63) is 12.2 Å². The first-order valence-corrected chi connectivity index (χ1v) is 4.22. The van der Waals surface area contributed by atoms with E-state index in [-0.39, 0.29) is 6.10 Å². The quantitative estimate of drug-likeness (QED) is 0.512. The molecule has 1 N–H and O–H groups in total. The number of hydrogen-bond acceptors (Lipinski definition) is 1. The molecule has 1 nitrogen and oxygen atoms in total. The zero-order valence-corrected chi connectivity index (χ0v) is 6.42. The van der Waals surface area contributed by atoms with Gasteiger partial charge in [-0.2, -0.15) is 0 Å². The summed E-state index contributed by atoms with van der Waals surface area (Å²) in [5.74, 6) is 0. The fraction of sp³-hybridized carbons (Fsp3) is 0.778. The van der Waals surface area contributed by atoms with Gasteiger partial charge in [0.1, 0.15) is 0 Å². The first kappa shape index (κ1) is 7.80. The molecule has 10 heavy (non-hydrogen) atoms. The molecule has 0 unspecified atom stereocenters. The van der Waals surface area contributed by atoms with E-state index >= 15 is 0 Å². The summed E-state index contributed by atoms with van der Waals surface area (Å²) in [6, 6.07) is 0. The van der Waals surface area contributed by atoms with Crippen LogP contribution in [0.3, 0.4) is 0 Å². The monoisotopic (exact) mass is 140 g/mol. The summed E-state index contributed by atoms with van der Waals surface area (Å²) < 4.78 is 0. The molecule has 0 aliphatic heterocycles. The zero-order valence-electron chi connectivity index (χ0n) is 6.42. The molecule has 0 aromatic heterocycles. The number of aliphatic hydroxyl groups excluding tert-OH is 1. The van der Waals surface area contributed by atoms with Gasteiger partial charge in [-0.3, -0.25) is 0 Å². The van der Waals surface area contributed by atoms with Crippen molar-refractivity contribution in [2.75, 3.05) is 0 Å². The van der Waals surface area contributed by atoms with Gasteiger partial charge >= 0.3 is 0 Å².